The van der Waals surface area contributed by atoms with E-state index in [9.17, 15) is 4.79 Å². The van der Waals surface area contributed by atoms with Crippen LogP contribution in [0.5, 0.6) is 0 Å². The van der Waals surface area contributed by atoms with E-state index < -0.39 is 5.97 Å². The number of aromatic nitrogens is 1. The quantitative estimate of drug-likeness (QED) is 0.828. The lowest BCUT2D eigenvalue weighted by Gasteiger charge is -2.16. The molecule has 0 aliphatic heterocycles. The van der Waals surface area contributed by atoms with Gasteiger partial charge in [-0.05, 0) is 31.0 Å². The summed E-state index contributed by atoms with van der Waals surface area (Å²) < 4.78 is 0. The van der Waals surface area contributed by atoms with Crippen LogP contribution in [-0.4, -0.2) is 29.1 Å². The van der Waals surface area contributed by atoms with E-state index in [1.54, 1.807) is 4.90 Å². The normalized spacial score (nSPS) is 10.2. The third-order valence-corrected chi connectivity index (χ3v) is 4.32. The summed E-state index contributed by atoms with van der Waals surface area (Å²) in [6, 6.07) is 8.22. The molecule has 1 N–H and O–H groups in total. The van der Waals surface area contributed by atoms with Crippen LogP contribution in [-0.2, 0) is 4.79 Å². The molecule has 0 bridgehead atoms. The highest BCUT2D eigenvalue weighted by Crippen LogP contribution is 2.28. The van der Waals surface area contributed by atoms with E-state index in [-0.39, 0.29) is 19.5 Å². The topological polar surface area (TPSA) is 77.2 Å². The van der Waals surface area contributed by atoms with Crippen LogP contribution in [0.4, 0.5) is 5.13 Å². The van der Waals surface area contributed by atoms with Gasteiger partial charge < -0.3 is 10.0 Å². The average molecular weight is 315 g/mol. The minimum atomic E-state index is -0.881. The Morgan fingerprint density at radius 3 is 2.82 bits per heavy atom. The van der Waals surface area contributed by atoms with E-state index in [1.165, 1.54) is 22.5 Å². The largest absolute Gasteiger partial charge is 0.481 e. The van der Waals surface area contributed by atoms with Crippen LogP contribution in [0, 0.1) is 25.2 Å². The van der Waals surface area contributed by atoms with Crippen molar-refractivity contribution in [2.24, 2.45) is 0 Å². The first-order chi connectivity index (χ1) is 10.5. The molecule has 0 amide bonds. The molecular weight excluding hydrogens is 298 g/mol. The maximum atomic E-state index is 10.7. The minimum Gasteiger partial charge on any atom is -0.481 e. The molecule has 2 rings (SSSR count). The highest BCUT2D eigenvalue weighted by molar-refractivity contribution is 7.14. The lowest BCUT2D eigenvalue weighted by molar-refractivity contribution is -0.136. The van der Waals surface area contributed by atoms with Crippen molar-refractivity contribution in [3.63, 3.8) is 0 Å². The second kappa shape index (κ2) is 7.05. The molecule has 0 radical (unpaired) electrons. The molecule has 1 aromatic heterocycles. The molecule has 0 spiro atoms. The minimum absolute atomic E-state index is 0.0137. The van der Waals surface area contributed by atoms with Gasteiger partial charge >= 0.3 is 5.97 Å². The van der Waals surface area contributed by atoms with E-state index in [0.717, 1.165) is 11.3 Å². The first-order valence-electron chi connectivity index (χ1n) is 6.88. The number of rotatable bonds is 6. The van der Waals surface area contributed by atoms with Gasteiger partial charge in [-0.25, -0.2) is 4.98 Å². The number of carboxylic acids is 1. The van der Waals surface area contributed by atoms with Crippen LogP contribution in [0.1, 0.15) is 17.5 Å². The molecule has 114 valence electrons. The summed E-state index contributed by atoms with van der Waals surface area (Å²) in [6.45, 7) is 4.53. The van der Waals surface area contributed by atoms with E-state index in [1.807, 2.05) is 11.4 Å². The maximum absolute atomic E-state index is 10.7. The molecule has 2 aromatic rings. The Morgan fingerprint density at radius 2 is 2.18 bits per heavy atom. The molecule has 0 saturated heterocycles. The highest BCUT2D eigenvalue weighted by atomic mass is 32.1. The second-order valence-electron chi connectivity index (χ2n) is 5.04. The van der Waals surface area contributed by atoms with E-state index in [2.05, 4.69) is 37.0 Å². The molecular formula is C16H17N3O2S. The Labute approximate surface area is 133 Å². The van der Waals surface area contributed by atoms with Crippen LogP contribution in [0.2, 0.25) is 0 Å². The number of carbonyl (C=O) groups is 1. The van der Waals surface area contributed by atoms with Crippen molar-refractivity contribution in [2.45, 2.75) is 20.3 Å². The van der Waals surface area contributed by atoms with Gasteiger partial charge in [0.05, 0.1) is 18.2 Å². The van der Waals surface area contributed by atoms with Gasteiger partial charge in [0.2, 0.25) is 0 Å². The fourth-order valence-corrected chi connectivity index (χ4v) is 2.86. The van der Waals surface area contributed by atoms with E-state index >= 15 is 0 Å². The third kappa shape index (κ3) is 3.83. The van der Waals surface area contributed by atoms with Crippen LogP contribution in [0.15, 0.2) is 23.6 Å². The van der Waals surface area contributed by atoms with Crippen molar-refractivity contribution in [3.8, 4) is 17.3 Å². The predicted octanol–water partition coefficient (Wildman–Crippen LogP) is 3.23. The number of anilines is 1. The zero-order valence-corrected chi connectivity index (χ0v) is 13.4. The van der Waals surface area contributed by atoms with Crippen LogP contribution < -0.4 is 4.90 Å². The number of hydrogen-bond donors (Lipinski definition) is 1. The number of hydrogen-bond acceptors (Lipinski definition) is 5. The summed E-state index contributed by atoms with van der Waals surface area (Å²) >= 11 is 1.42. The molecule has 0 fully saturated rings. The lowest BCUT2D eigenvalue weighted by Crippen LogP contribution is -2.26. The van der Waals surface area contributed by atoms with Crippen molar-refractivity contribution in [1.82, 2.24) is 4.98 Å². The predicted molar refractivity (Wildman–Crippen MR) is 87.1 cm³/mol. The fourth-order valence-electron chi connectivity index (χ4n) is 2.00. The molecule has 0 saturated carbocycles. The molecule has 5 nitrogen and oxygen atoms in total. The maximum Gasteiger partial charge on any atom is 0.305 e. The molecule has 1 heterocycles. The van der Waals surface area contributed by atoms with Gasteiger partial charge in [-0.1, -0.05) is 12.1 Å². The molecule has 22 heavy (non-hydrogen) atoms. The van der Waals surface area contributed by atoms with Crippen LogP contribution in [0.3, 0.4) is 0 Å². The molecule has 0 unspecified atom stereocenters. The Balaban J connectivity index is 2.22. The Bertz CT molecular complexity index is 718. The van der Waals surface area contributed by atoms with Gasteiger partial charge in [0, 0.05) is 17.5 Å². The summed E-state index contributed by atoms with van der Waals surface area (Å²) in [5.41, 5.74) is 4.31. The third-order valence-electron chi connectivity index (χ3n) is 3.42. The molecule has 0 aliphatic rings. The number of carboxylic acid groups (broad SMARTS) is 1. The van der Waals surface area contributed by atoms with Crippen LogP contribution in [0.25, 0.3) is 11.3 Å². The summed E-state index contributed by atoms with van der Waals surface area (Å²) in [6.07, 6.45) is -0.0137. The molecule has 6 heteroatoms. The SMILES string of the molecule is Cc1ccc(-c2csc(N(CC#N)CCC(=O)O)n2)cc1C. The Kier molecular flexibility index (Phi) is 5.12. The average Bonchev–Trinajstić information content (AvgIpc) is 2.96. The summed E-state index contributed by atoms with van der Waals surface area (Å²) in [5, 5.41) is 20.3. The van der Waals surface area contributed by atoms with Crippen molar-refractivity contribution in [3.05, 3.63) is 34.7 Å². The number of benzene rings is 1. The summed E-state index contributed by atoms with van der Waals surface area (Å²) in [7, 11) is 0. The number of thiazole rings is 1. The number of aryl methyl sites for hydroxylation is 2. The van der Waals surface area contributed by atoms with Gasteiger partial charge in [0.25, 0.3) is 0 Å². The van der Waals surface area contributed by atoms with Gasteiger partial charge in [-0.2, -0.15) is 5.26 Å². The smallest absolute Gasteiger partial charge is 0.305 e. The Morgan fingerprint density at radius 1 is 1.41 bits per heavy atom. The standard InChI is InChI=1S/C16H17N3O2S/c1-11-3-4-13(9-12(11)2)14-10-22-16(18-14)19(8-6-17)7-5-15(20)21/h3-4,9-10H,5,7-8H2,1-2H3,(H,20,21). The van der Waals surface area contributed by atoms with Crippen molar-refractivity contribution in [2.75, 3.05) is 18.0 Å². The second-order valence-corrected chi connectivity index (χ2v) is 5.87. The monoisotopic (exact) mass is 315 g/mol. The molecule has 0 atom stereocenters. The van der Waals surface area contributed by atoms with Gasteiger partial charge in [0.1, 0.15) is 6.54 Å². The van der Waals surface area contributed by atoms with Crippen molar-refractivity contribution < 1.29 is 9.90 Å². The molecule has 0 aliphatic carbocycles. The zero-order valence-electron chi connectivity index (χ0n) is 12.5. The number of nitriles is 1. The van der Waals surface area contributed by atoms with E-state index in [4.69, 9.17) is 10.4 Å². The lowest BCUT2D eigenvalue weighted by atomic mass is 10.1. The van der Waals surface area contributed by atoms with Gasteiger partial charge in [-0.3, -0.25) is 4.79 Å². The van der Waals surface area contributed by atoms with Crippen molar-refractivity contribution in [1.29, 1.82) is 5.26 Å². The van der Waals surface area contributed by atoms with Crippen molar-refractivity contribution >= 4 is 22.4 Å². The summed E-state index contributed by atoms with van der Waals surface area (Å²) in [5.74, 6) is -0.881. The Hall–Kier alpha value is -2.39. The van der Waals surface area contributed by atoms with Gasteiger partial charge in [0.15, 0.2) is 5.13 Å². The first kappa shape index (κ1) is 16.0. The van der Waals surface area contributed by atoms with E-state index in [0.29, 0.717) is 5.13 Å². The first-order valence-corrected chi connectivity index (χ1v) is 7.76. The summed E-state index contributed by atoms with van der Waals surface area (Å²) in [4.78, 5) is 17.0. The van der Waals surface area contributed by atoms with Gasteiger partial charge in [-0.15, -0.1) is 11.3 Å². The number of aliphatic carboxylic acids is 1. The van der Waals surface area contributed by atoms with Crippen LogP contribution >= 0.6 is 11.3 Å². The number of nitrogens with zero attached hydrogens (tertiary/aromatic N) is 3. The molecule has 1 aromatic carbocycles. The zero-order chi connectivity index (χ0) is 16.1. The fraction of sp³-hybridized carbons (Fsp3) is 0.312. The highest BCUT2D eigenvalue weighted by Gasteiger charge is 2.13.